The van der Waals surface area contributed by atoms with Crippen LogP contribution in [0.4, 0.5) is 17.1 Å². The summed E-state index contributed by atoms with van der Waals surface area (Å²) in [5.41, 5.74) is 7.18. The maximum atomic E-state index is 6.37. The lowest BCUT2D eigenvalue weighted by atomic mass is 10.0. The van der Waals surface area contributed by atoms with Crippen molar-refractivity contribution >= 4 is 50.6 Å². The molecule has 0 radical (unpaired) electrons. The van der Waals surface area contributed by atoms with Crippen molar-refractivity contribution in [3.63, 3.8) is 0 Å². The van der Waals surface area contributed by atoms with Crippen LogP contribution in [0.3, 0.4) is 0 Å². The molecule has 0 fully saturated rings. The molecule has 1 heterocycles. The van der Waals surface area contributed by atoms with Crippen LogP contribution < -0.4 is 4.90 Å². The predicted molar refractivity (Wildman–Crippen MR) is 139 cm³/mol. The molecule has 3 heteroatoms. The van der Waals surface area contributed by atoms with Crippen LogP contribution in [0.25, 0.3) is 33.1 Å². The Morgan fingerprint density at radius 3 is 1.97 bits per heavy atom. The first-order valence-electron chi connectivity index (χ1n) is 10.9. The van der Waals surface area contributed by atoms with Gasteiger partial charge in [-0.15, -0.1) is 0 Å². The lowest BCUT2D eigenvalue weighted by Gasteiger charge is -2.25. The molecule has 0 spiro atoms. The Morgan fingerprint density at radius 2 is 1.15 bits per heavy atom. The van der Waals surface area contributed by atoms with Gasteiger partial charge in [-0.3, -0.25) is 0 Å². The fourth-order valence-electron chi connectivity index (χ4n) is 4.35. The van der Waals surface area contributed by atoms with Crippen molar-refractivity contribution in [1.29, 1.82) is 0 Å². The first-order chi connectivity index (χ1) is 16.3. The van der Waals surface area contributed by atoms with Gasteiger partial charge in [0.1, 0.15) is 11.2 Å². The number of halogens is 1. The van der Waals surface area contributed by atoms with Crippen molar-refractivity contribution in [1.82, 2.24) is 0 Å². The summed E-state index contributed by atoms with van der Waals surface area (Å²) in [6, 6.07) is 41.4. The van der Waals surface area contributed by atoms with Gasteiger partial charge in [-0.25, -0.2) is 0 Å². The second kappa shape index (κ2) is 8.16. The zero-order valence-electron chi connectivity index (χ0n) is 17.8. The molecule has 158 valence electrons. The molecule has 0 N–H and O–H groups in total. The second-order valence-electron chi connectivity index (χ2n) is 8.01. The first kappa shape index (κ1) is 19.7. The topological polar surface area (TPSA) is 16.4 Å². The van der Waals surface area contributed by atoms with E-state index in [1.54, 1.807) is 0 Å². The van der Waals surface area contributed by atoms with Gasteiger partial charge in [0.15, 0.2) is 0 Å². The summed E-state index contributed by atoms with van der Waals surface area (Å²) < 4.78 is 6.16. The summed E-state index contributed by atoms with van der Waals surface area (Å²) in [5.74, 6) is 0. The van der Waals surface area contributed by atoms with Gasteiger partial charge in [0.25, 0.3) is 0 Å². The van der Waals surface area contributed by atoms with Crippen LogP contribution >= 0.6 is 11.6 Å². The maximum Gasteiger partial charge on any atom is 0.137 e. The van der Waals surface area contributed by atoms with Crippen LogP contribution in [0.1, 0.15) is 0 Å². The minimum absolute atomic E-state index is 0.697. The van der Waals surface area contributed by atoms with E-state index in [2.05, 4.69) is 83.8 Å². The van der Waals surface area contributed by atoms with E-state index in [9.17, 15) is 0 Å². The molecule has 0 atom stereocenters. The van der Waals surface area contributed by atoms with E-state index < -0.39 is 0 Å². The van der Waals surface area contributed by atoms with Gasteiger partial charge in [0.05, 0.1) is 0 Å². The Kier molecular flexibility index (Phi) is 4.86. The maximum absolute atomic E-state index is 6.37. The fourth-order valence-corrected chi connectivity index (χ4v) is 4.53. The summed E-state index contributed by atoms with van der Waals surface area (Å²) in [6.45, 7) is 0. The third-order valence-electron chi connectivity index (χ3n) is 5.92. The van der Waals surface area contributed by atoms with E-state index in [0.717, 1.165) is 39.0 Å². The van der Waals surface area contributed by atoms with E-state index in [-0.39, 0.29) is 0 Å². The van der Waals surface area contributed by atoms with Crippen molar-refractivity contribution in [3.8, 4) is 11.1 Å². The van der Waals surface area contributed by atoms with Crippen LogP contribution in [0.5, 0.6) is 0 Å². The van der Waals surface area contributed by atoms with Gasteiger partial charge in [-0.05, 0) is 59.7 Å². The molecule has 0 aliphatic carbocycles. The van der Waals surface area contributed by atoms with E-state index in [1.165, 1.54) is 11.1 Å². The third-order valence-corrected chi connectivity index (χ3v) is 6.15. The standard InChI is InChI=1S/C30H20ClNO/c31-23-9-6-10-25(19-23)32(24-15-13-22(14-16-24)21-7-2-1-3-8-21)26-17-18-28-27-11-4-5-12-29(27)33-30(28)20-26/h1-20H. The smallest absolute Gasteiger partial charge is 0.137 e. The van der Waals surface area contributed by atoms with Crippen molar-refractivity contribution in [2.24, 2.45) is 0 Å². The summed E-state index contributed by atoms with van der Waals surface area (Å²) >= 11 is 6.37. The Morgan fingerprint density at radius 1 is 0.485 bits per heavy atom. The molecule has 0 saturated carbocycles. The molecule has 0 aliphatic rings. The predicted octanol–water partition coefficient (Wildman–Crippen LogP) is 9.38. The highest BCUT2D eigenvalue weighted by atomic mass is 35.5. The lowest BCUT2D eigenvalue weighted by Crippen LogP contribution is -2.09. The molecular formula is C30H20ClNO. The Balaban J connectivity index is 1.49. The van der Waals surface area contributed by atoms with Crippen molar-refractivity contribution in [2.45, 2.75) is 0 Å². The van der Waals surface area contributed by atoms with Gasteiger partial charge in [-0.1, -0.05) is 78.3 Å². The largest absolute Gasteiger partial charge is 0.456 e. The van der Waals surface area contributed by atoms with Gasteiger partial charge >= 0.3 is 0 Å². The van der Waals surface area contributed by atoms with Crippen molar-refractivity contribution in [2.75, 3.05) is 4.90 Å². The molecule has 2 nitrogen and oxygen atoms in total. The molecule has 6 rings (SSSR count). The van der Waals surface area contributed by atoms with Gasteiger partial charge in [0.2, 0.25) is 0 Å². The molecule has 1 aromatic heterocycles. The summed E-state index contributed by atoms with van der Waals surface area (Å²) in [5, 5.41) is 2.93. The van der Waals surface area contributed by atoms with E-state index in [4.69, 9.17) is 16.0 Å². The van der Waals surface area contributed by atoms with Crippen molar-refractivity contribution in [3.05, 3.63) is 126 Å². The Hall–Kier alpha value is -4.01. The molecule has 33 heavy (non-hydrogen) atoms. The minimum atomic E-state index is 0.697. The van der Waals surface area contributed by atoms with Crippen LogP contribution in [-0.2, 0) is 0 Å². The third kappa shape index (κ3) is 3.65. The van der Waals surface area contributed by atoms with Crippen LogP contribution in [0, 0.1) is 0 Å². The zero-order chi connectivity index (χ0) is 22.2. The highest BCUT2D eigenvalue weighted by Crippen LogP contribution is 2.39. The number of anilines is 3. The molecule has 0 unspecified atom stereocenters. The van der Waals surface area contributed by atoms with Gasteiger partial charge < -0.3 is 9.32 Å². The van der Waals surface area contributed by atoms with Crippen LogP contribution in [0.2, 0.25) is 5.02 Å². The number of fused-ring (bicyclic) bond motifs is 3. The number of rotatable bonds is 4. The number of furan rings is 1. The SMILES string of the molecule is Clc1cccc(N(c2ccc(-c3ccccc3)cc2)c2ccc3c(c2)oc2ccccc23)c1. The molecule has 6 aromatic rings. The Labute approximate surface area is 197 Å². The van der Waals surface area contributed by atoms with Gasteiger partial charge in [-0.2, -0.15) is 0 Å². The lowest BCUT2D eigenvalue weighted by molar-refractivity contribution is 0.669. The van der Waals surface area contributed by atoms with Crippen LogP contribution in [-0.4, -0.2) is 0 Å². The average Bonchev–Trinajstić information content (AvgIpc) is 3.23. The van der Waals surface area contributed by atoms with Crippen molar-refractivity contribution < 1.29 is 4.42 Å². The Bertz CT molecular complexity index is 1570. The monoisotopic (exact) mass is 445 g/mol. The number of hydrogen-bond acceptors (Lipinski definition) is 2. The quantitative estimate of drug-likeness (QED) is 0.268. The van der Waals surface area contributed by atoms with Crippen LogP contribution in [0.15, 0.2) is 126 Å². The molecule has 0 amide bonds. The highest BCUT2D eigenvalue weighted by Gasteiger charge is 2.15. The molecule has 5 aromatic carbocycles. The summed E-state index contributed by atoms with van der Waals surface area (Å²) in [6.07, 6.45) is 0. The molecule has 0 saturated heterocycles. The molecular weight excluding hydrogens is 426 g/mol. The number of para-hydroxylation sites is 1. The summed E-state index contributed by atoms with van der Waals surface area (Å²) in [7, 11) is 0. The van der Waals surface area contributed by atoms with Gasteiger partial charge in [0, 0.05) is 38.9 Å². The minimum Gasteiger partial charge on any atom is -0.456 e. The molecule has 0 bridgehead atoms. The first-order valence-corrected chi connectivity index (χ1v) is 11.3. The second-order valence-corrected chi connectivity index (χ2v) is 8.44. The normalized spacial score (nSPS) is 11.2. The van der Waals surface area contributed by atoms with E-state index >= 15 is 0 Å². The number of hydrogen-bond donors (Lipinski definition) is 0. The molecule has 0 aliphatic heterocycles. The van der Waals surface area contributed by atoms with E-state index in [1.807, 2.05) is 42.5 Å². The van der Waals surface area contributed by atoms with E-state index in [0.29, 0.717) is 5.02 Å². The zero-order valence-corrected chi connectivity index (χ0v) is 18.5. The number of nitrogens with zero attached hydrogens (tertiary/aromatic N) is 1. The fraction of sp³-hybridized carbons (Fsp3) is 0. The summed E-state index contributed by atoms with van der Waals surface area (Å²) in [4.78, 5) is 2.20. The number of benzene rings is 5. The highest BCUT2D eigenvalue weighted by molar-refractivity contribution is 6.30. The average molecular weight is 446 g/mol.